The van der Waals surface area contributed by atoms with Gasteiger partial charge in [0.1, 0.15) is 23.7 Å². The Labute approximate surface area is 191 Å². The zero-order chi connectivity index (χ0) is 22.5. The average Bonchev–Trinajstić information content (AvgIpc) is 3.00. The molecule has 29 heavy (non-hydrogen) atoms. The Bertz CT molecular complexity index is 488. The second kappa shape index (κ2) is 11.7. The molecule has 3 aliphatic rings. The van der Waals surface area contributed by atoms with Gasteiger partial charge in [0, 0.05) is 13.1 Å². The zero-order valence-corrected chi connectivity index (χ0v) is 25.6. The lowest BCUT2D eigenvalue weighted by Gasteiger charge is -2.37. The smallest absolute Gasteiger partial charge is 0.122 e. The van der Waals surface area contributed by atoms with Gasteiger partial charge in [-0.05, 0) is 76.4 Å². The second-order valence-corrected chi connectivity index (χ2v) is 30.4. The maximum absolute atomic E-state index is 2.61. The van der Waals surface area contributed by atoms with Crippen molar-refractivity contribution in [3.8, 4) is 0 Å². The van der Waals surface area contributed by atoms with Crippen LogP contribution in [0.15, 0.2) is 0 Å². The molecule has 0 aliphatic carbocycles. The van der Waals surface area contributed by atoms with Crippen LogP contribution in [0.25, 0.3) is 0 Å². The summed E-state index contributed by atoms with van der Waals surface area (Å²) < 4.78 is 5.19. The van der Waals surface area contributed by atoms with Crippen LogP contribution >= 0.6 is 11.2 Å². The SMILES string of the molecule is CC1CN(C)[Si](C)(C)C1.CC1CS[Si](C)(C)C1.CN1CCC[Si](C)(C)N(C)CC1. The summed E-state index contributed by atoms with van der Waals surface area (Å²) in [6.07, 6.45) is 1.39. The molecule has 3 fully saturated rings. The molecule has 0 aromatic carbocycles. The van der Waals surface area contributed by atoms with E-state index in [1.807, 2.05) is 0 Å². The highest BCUT2D eigenvalue weighted by Crippen LogP contribution is 2.37. The lowest BCUT2D eigenvalue weighted by Crippen LogP contribution is -2.50. The first-order valence-electron chi connectivity index (χ1n) is 11.9. The van der Waals surface area contributed by atoms with Crippen LogP contribution in [-0.4, -0.2) is 90.8 Å². The number of nitrogens with zero attached hydrogens (tertiary/aromatic N) is 3. The van der Waals surface area contributed by atoms with E-state index in [9.17, 15) is 0 Å². The van der Waals surface area contributed by atoms with Crippen LogP contribution in [0.5, 0.6) is 0 Å². The summed E-state index contributed by atoms with van der Waals surface area (Å²) in [4.78, 5) is 2.44. The Balaban J connectivity index is 0.000000223. The predicted octanol–water partition coefficient (Wildman–Crippen LogP) is 5.81. The first-order valence-corrected chi connectivity index (χ1v) is 23.1. The predicted molar refractivity (Wildman–Crippen MR) is 145 cm³/mol. The van der Waals surface area contributed by atoms with Gasteiger partial charge in [0.25, 0.3) is 0 Å². The van der Waals surface area contributed by atoms with Gasteiger partial charge in [0.15, 0.2) is 0 Å². The fourth-order valence-corrected chi connectivity index (χ4v) is 16.3. The molecule has 0 saturated carbocycles. The van der Waals surface area contributed by atoms with Gasteiger partial charge in [-0.3, -0.25) is 0 Å². The third kappa shape index (κ3) is 10.4. The minimum absolute atomic E-state index is 0.687. The van der Waals surface area contributed by atoms with E-state index >= 15 is 0 Å². The third-order valence-corrected chi connectivity index (χ3v) is 21.6. The Morgan fingerprint density at radius 2 is 1.34 bits per heavy atom. The van der Waals surface area contributed by atoms with Crippen LogP contribution in [0, 0.1) is 11.8 Å². The van der Waals surface area contributed by atoms with Gasteiger partial charge in [-0.15, -0.1) is 0 Å². The van der Waals surface area contributed by atoms with Gasteiger partial charge in [-0.25, -0.2) is 0 Å². The molecule has 0 aromatic rings. The van der Waals surface area contributed by atoms with Crippen LogP contribution in [0.4, 0.5) is 0 Å². The summed E-state index contributed by atoms with van der Waals surface area (Å²) in [6, 6.07) is 4.48. The normalized spacial score (nSPS) is 32.4. The van der Waals surface area contributed by atoms with Crippen LogP contribution < -0.4 is 0 Å². The summed E-state index contributed by atoms with van der Waals surface area (Å²) in [5.41, 5.74) is 0. The topological polar surface area (TPSA) is 9.72 Å². The Morgan fingerprint density at radius 3 is 1.69 bits per heavy atom. The molecule has 0 radical (unpaired) electrons. The van der Waals surface area contributed by atoms with Crippen LogP contribution in [0.2, 0.25) is 57.4 Å². The highest BCUT2D eigenvalue weighted by molar-refractivity contribution is 8.29. The third-order valence-electron chi connectivity index (χ3n) is 7.24. The van der Waals surface area contributed by atoms with Crippen molar-refractivity contribution < 1.29 is 0 Å². The first-order chi connectivity index (χ1) is 13.1. The van der Waals surface area contributed by atoms with Crippen LogP contribution in [0.3, 0.4) is 0 Å². The fourth-order valence-electron chi connectivity index (χ4n) is 4.82. The molecule has 2 atom stereocenters. The van der Waals surface area contributed by atoms with E-state index in [1.165, 1.54) is 56.5 Å². The quantitative estimate of drug-likeness (QED) is 0.409. The van der Waals surface area contributed by atoms with Gasteiger partial charge in [-0.1, -0.05) is 53.1 Å². The van der Waals surface area contributed by atoms with E-state index in [2.05, 4.69) is 99.5 Å². The van der Waals surface area contributed by atoms with Crippen molar-refractivity contribution in [1.82, 2.24) is 14.0 Å². The van der Waals surface area contributed by atoms with E-state index in [0.29, 0.717) is 0 Å². The number of rotatable bonds is 0. The molecule has 0 bridgehead atoms. The molecule has 174 valence electrons. The molecule has 0 N–H and O–H groups in total. The van der Waals surface area contributed by atoms with E-state index in [1.54, 1.807) is 0 Å². The van der Waals surface area contributed by atoms with E-state index in [4.69, 9.17) is 0 Å². The van der Waals surface area contributed by atoms with Gasteiger partial charge in [0.05, 0.1) is 0 Å². The molecule has 7 heteroatoms. The maximum Gasteiger partial charge on any atom is 0.122 e. The summed E-state index contributed by atoms with van der Waals surface area (Å²) in [7, 11) is 4.24. The Hall–Kier alpha value is 0.881. The summed E-state index contributed by atoms with van der Waals surface area (Å²) >= 11 is 2.25. The van der Waals surface area contributed by atoms with Gasteiger partial charge >= 0.3 is 0 Å². The average molecular weight is 476 g/mol. The molecule has 3 rings (SSSR count). The van der Waals surface area contributed by atoms with Crippen molar-refractivity contribution in [2.75, 3.05) is 53.1 Å². The standard InChI is InChI=1S/C9H22N2Si.C7H17NSi.C6H14SSi/c1-10-6-5-9-12(3,4)11(2)8-7-10;1-7-5-8(2)9(3,4)6-7;1-6-4-7-8(2,3)5-6/h5-9H2,1-4H3;7H,5-6H2,1-4H3;6H,4-5H2,1-3H3. The van der Waals surface area contributed by atoms with Crippen molar-refractivity contribution in [1.29, 1.82) is 0 Å². The highest BCUT2D eigenvalue weighted by Gasteiger charge is 2.35. The molecule has 0 spiro atoms. The molecular weight excluding hydrogens is 423 g/mol. The largest absolute Gasteiger partial charge is 0.326 e. The number of hydrogen-bond acceptors (Lipinski definition) is 4. The lowest BCUT2D eigenvalue weighted by atomic mass is 10.2. The van der Waals surface area contributed by atoms with Crippen molar-refractivity contribution >= 4 is 34.9 Å². The molecule has 3 aliphatic heterocycles. The van der Waals surface area contributed by atoms with Gasteiger partial charge < -0.3 is 14.0 Å². The summed E-state index contributed by atoms with van der Waals surface area (Å²) in [5, 5.41) is 0. The second-order valence-electron chi connectivity index (χ2n) is 12.0. The fraction of sp³-hybridized carbons (Fsp3) is 1.00. The molecule has 3 saturated heterocycles. The number of likely N-dealkylation sites (N-methyl/N-ethyl adjacent to an activating group) is 2. The molecule has 3 heterocycles. The van der Waals surface area contributed by atoms with Gasteiger partial charge in [-0.2, -0.15) is 11.2 Å². The maximum atomic E-state index is 2.61. The Morgan fingerprint density at radius 1 is 0.724 bits per heavy atom. The summed E-state index contributed by atoms with van der Waals surface area (Å²) in [5.74, 6) is 3.40. The molecular formula is C22H53N3SSi3. The van der Waals surface area contributed by atoms with Crippen LogP contribution in [-0.2, 0) is 0 Å². The van der Waals surface area contributed by atoms with Crippen LogP contribution in [0.1, 0.15) is 20.3 Å². The van der Waals surface area contributed by atoms with E-state index in [-0.39, 0.29) is 0 Å². The highest BCUT2D eigenvalue weighted by atomic mass is 32.4. The van der Waals surface area contributed by atoms with Crippen molar-refractivity contribution in [3.63, 3.8) is 0 Å². The zero-order valence-electron chi connectivity index (χ0n) is 21.8. The Kier molecular flexibility index (Phi) is 11.2. The monoisotopic (exact) mass is 475 g/mol. The minimum atomic E-state index is -0.999. The van der Waals surface area contributed by atoms with Crippen molar-refractivity contribution in [2.24, 2.45) is 11.8 Å². The van der Waals surface area contributed by atoms with Gasteiger partial charge in [0.2, 0.25) is 0 Å². The van der Waals surface area contributed by atoms with E-state index in [0.717, 1.165) is 11.8 Å². The lowest BCUT2D eigenvalue weighted by molar-refractivity contribution is 0.292. The van der Waals surface area contributed by atoms with Crippen molar-refractivity contribution in [3.05, 3.63) is 0 Å². The molecule has 3 nitrogen and oxygen atoms in total. The number of hydrogen-bond donors (Lipinski definition) is 0. The molecule has 0 amide bonds. The molecule has 2 unspecified atom stereocenters. The van der Waals surface area contributed by atoms with Crippen molar-refractivity contribution in [2.45, 2.75) is 77.7 Å². The first kappa shape index (κ1) is 27.9. The minimum Gasteiger partial charge on any atom is -0.326 e. The molecule has 0 aromatic heterocycles. The summed E-state index contributed by atoms with van der Waals surface area (Å²) in [6.45, 7) is 24.7. The van der Waals surface area contributed by atoms with E-state index < -0.39 is 23.7 Å².